The Morgan fingerprint density at radius 2 is 1.79 bits per heavy atom. The van der Waals surface area contributed by atoms with Crippen LogP contribution in [0.3, 0.4) is 0 Å². The quantitative estimate of drug-likeness (QED) is 0.569. The lowest BCUT2D eigenvalue weighted by Gasteiger charge is -2.37. The van der Waals surface area contributed by atoms with Crippen LogP contribution in [-0.4, -0.2) is 26.9 Å². The molecule has 140 valence electrons. The van der Waals surface area contributed by atoms with Crippen molar-refractivity contribution >= 4 is 16.8 Å². The van der Waals surface area contributed by atoms with Gasteiger partial charge in [-0.05, 0) is 36.2 Å². The Kier molecular flexibility index (Phi) is 4.05. The van der Waals surface area contributed by atoms with Crippen molar-refractivity contribution in [1.29, 1.82) is 0 Å². The Morgan fingerprint density at radius 3 is 2.64 bits per heavy atom. The van der Waals surface area contributed by atoms with Crippen LogP contribution < -0.4 is 0 Å². The van der Waals surface area contributed by atoms with Crippen LogP contribution in [-0.2, 0) is 17.8 Å². The highest BCUT2D eigenvalue weighted by Gasteiger charge is 2.32. The highest BCUT2D eigenvalue weighted by Crippen LogP contribution is 2.33. The fourth-order valence-electron chi connectivity index (χ4n) is 4.45. The van der Waals surface area contributed by atoms with E-state index in [0.717, 1.165) is 40.8 Å². The van der Waals surface area contributed by atoms with Crippen LogP contribution in [0, 0.1) is 6.92 Å². The molecule has 4 nitrogen and oxygen atoms in total. The lowest BCUT2D eigenvalue weighted by atomic mass is 9.98. The molecule has 0 radical (unpaired) electrons. The number of fused-ring (bicyclic) bond motifs is 2. The number of aromatic amines is 1. The van der Waals surface area contributed by atoms with Crippen molar-refractivity contribution in [3.63, 3.8) is 0 Å². The Labute approximate surface area is 164 Å². The first-order valence-electron chi connectivity index (χ1n) is 9.78. The Morgan fingerprint density at radius 1 is 1.00 bits per heavy atom. The molecule has 0 saturated carbocycles. The van der Waals surface area contributed by atoms with Crippen molar-refractivity contribution in [1.82, 2.24) is 14.5 Å². The summed E-state index contributed by atoms with van der Waals surface area (Å²) >= 11 is 0. The molecule has 0 saturated heterocycles. The van der Waals surface area contributed by atoms with Gasteiger partial charge in [-0.25, -0.2) is 0 Å². The minimum atomic E-state index is -0.0389. The molecule has 1 amide bonds. The largest absolute Gasteiger partial charge is 0.358 e. The Balaban J connectivity index is 1.52. The second-order valence-corrected chi connectivity index (χ2v) is 7.48. The van der Waals surface area contributed by atoms with Crippen LogP contribution in [0.25, 0.3) is 10.9 Å². The first kappa shape index (κ1) is 16.9. The van der Waals surface area contributed by atoms with E-state index < -0.39 is 0 Å². The van der Waals surface area contributed by atoms with Gasteiger partial charge in [0, 0.05) is 41.6 Å². The number of nitrogens with zero attached hydrogens (tertiary/aromatic N) is 2. The van der Waals surface area contributed by atoms with Gasteiger partial charge in [0.2, 0.25) is 5.91 Å². The molecule has 4 heteroatoms. The van der Waals surface area contributed by atoms with Crippen LogP contribution in [0.15, 0.2) is 72.9 Å². The van der Waals surface area contributed by atoms with Crippen molar-refractivity contribution in [3.8, 4) is 0 Å². The number of aryl methyl sites for hydroxylation is 1. The molecule has 1 aliphatic rings. The van der Waals surface area contributed by atoms with Crippen LogP contribution in [0.5, 0.6) is 0 Å². The summed E-state index contributed by atoms with van der Waals surface area (Å²) in [7, 11) is 0. The van der Waals surface area contributed by atoms with Crippen LogP contribution in [0.1, 0.15) is 28.6 Å². The summed E-state index contributed by atoms with van der Waals surface area (Å²) in [6.07, 6.45) is 2.52. The second-order valence-electron chi connectivity index (χ2n) is 7.48. The van der Waals surface area contributed by atoms with Crippen molar-refractivity contribution in [2.75, 3.05) is 6.54 Å². The van der Waals surface area contributed by atoms with E-state index in [1.165, 1.54) is 5.69 Å². The van der Waals surface area contributed by atoms with E-state index in [2.05, 4.69) is 59.1 Å². The molecule has 1 unspecified atom stereocenters. The number of para-hydroxylation sites is 1. The number of hydrogen-bond donors (Lipinski definition) is 1. The highest BCUT2D eigenvalue weighted by atomic mass is 16.2. The zero-order valence-corrected chi connectivity index (χ0v) is 15.9. The number of carbonyl (C=O) groups excluding carboxylic acids is 1. The summed E-state index contributed by atoms with van der Waals surface area (Å²) in [5, 5.41) is 1.14. The first-order valence-corrected chi connectivity index (χ1v) is 9.78. The molecule has 0 bridgehead atoms. The lowest BCUT2D eigenvalue weighted by Crippen LogP contribution is -2.43. The van der Waals surface area contributed by atoms with Crippen LogP contribution in [0.4, 0.5) is 0 Å². The summed E-state index contributed by atoms with van der Waals surface area (Å²) in [6.45, 7) is 3.62. The number of hydrogen-bond acceptors (Lipinski definition) is 1. The fraction of sp³-hybridized carbons (Fsp3) is 0.208. The maximum absolute atomic E-state index is 13.5. The molecule has 28 heavy (non-hydrogen) atoms. The molecule has 2 aromatic carbocycles. The predicted molar refractivity (Wildman–Crippen MR) is 111 cm³/mol. The van der Waals surface area contributed by atoms with Gasteiger partial charge in [0.25, 0.3) is 0 Å². The fourth-order valence-corrected chi connectivity index (χ4v) is 4.45. The van der Waals surface area contributed by atoms with Crippen LogP contribution >= 0.6 is 0 Å². The molecule has 1 N–H and O–H groups in total. The van der Waals surface area contributed by atoms with E-state index in [4.69, 9.17) is 0 Å². The summed E-state index contributed by atoms with van der Waals surface area (Å²) in [6, 6.07) is 22.7. The average Bonchev–Trinajstić information content (AvgIpc) is 3.32. The van der Waals surface area contributed by atoms with Crippen LogP contribution in [0.2, 0.25) is 0 Å². The molecule has 4 aromatic rings. The number of benzene rings is 2. The number of H-pyrrole nitrogens is 1. The molecule has 2 aromatic heterocycles. The van der Waals surface area contributed by atoms with Crippen molar-refractivity contribution in [2.24, 2.45) is 0 Å². The molecule has 3 heterocycles. The maximum Gasteiger partial charge on any atom is 0.227 e. The zero-order valence-electron chi connectivity index (χ0n) is 15.9. The first-order chi connectivity index (χ1) is 13.7. The van der Waals surface area contributed by atoms with Gasteiger partial charge in [-0.3, -0.25) is 4.79 Å². The topological polar surface area (TPSA) is 41.0 Å². The Bertz CT molecular complexity index is 1140. The summed E-state index contributed by atoms with van der Waals surface area (Å²) in [5.74, 6) is 0.175. The summed E-state index contributed by atoms with van der Waals surface area (Å²) in [4.78, 5) is 18.9. The third-order valence-electron chi connectivity index (χ3n) is 5.83. The van der Waals surface area contributed by atoms with Gasteiger partial charge in [0.1, 0.15) is 0 Å². The standard InChI is InChI=1S/C24H23N3O/c1-17-20(19-10-5-6-11-21(19)25-17)16-23(28)27-15-14-26-13-7-12-22(26)24(27)18-8-3-2-4-9-18/h2-13,24-25H,14-16H2,1H3. The number of amides is 1. The summed E-state index contributed by atoms with van der Waals surface area (Å²) in [5.41, 5.74) is 5.61. The monoisotopic (exact) mass is 369 g/mol. The number of aromatic nitrogens is 2. The number of nitrogens with one attached hydrogen (secondary N) is 1. The number of carbonyl (C=O) groups is 1. The van der Waals surface area contributed by atoms with E-state index in [1.54, 1.807) is 0 Å². The van der Waals surface area contributed by atoms with Gasteiger partial charge in [0.15, 0.2) is 0 Å². The maximum atomic E-state index is 13.5. The minimum Gasteiger partial charge on any atom is -0.358 e. The molecule has 0 spiro atoms. The number of rotatable bonds is 3. The van der Waals surface area contributed by atoms with E-state index in [-0.39, 0.29) is 11.9 Å². The normalized spacial score (nSPS) is 16.3. The smallest absolute Gasteiger partial charge is 0.227 e. The lowest BCUT2D eigenvalue weighted by molar-refractivity contribution is -0.133. The van der Waals surface area contributed by atoms with Gasteiger partial charge in [0.05, 0.1) is 12.5 Å². The molecular formula is C24H23N3O. The third kappa shape index (κ3) is 2.73. The average molecular weight is 369 g/mol. The van der Waals surface area contributed by atoms with Gasteiger partial charge in [-0.1, -0.05) is 48.5 Å². The molecule has 0 fully saturated rings. The Hall–Kier alpha value is -3.27. The second kappa shape index (κ2) is 6.71. The molecule has 5 rings (SSSR count). The minimum absolute atomic E-state index is 0.0389. The van der Waals surface area contributed by atoms with Crippen molar-refractivity contribution < 1.29 is 4.79 Å². The van der Waals surface area contributed by atoms with E-state index in [0.29, 0.717) is 6.42 Å². The van der Waals surface area contributed by atoms with Gasteiger partial charge in [-0.15, -0.1) is 0 Å². The SMILES string of the molecule is Cc1[nH]c2ccccc2c1CC(=O)N1CCn2cccc2C1c1ccccc1. The van der Waals surface area contributed by atoms with Gasteiger partial charge < -0.3 is 14.5 Å². The zero-order chi connectivity index (χ0) is 19.1. The van der Waals surface area contributed by atoms with Gasteiger partial charge in [-0.2, -0.15) is 0 Å². The van der Waals surface area contributed by atoms with Gasteiger partial charge >= 0.3 is 0 Å². The summed E-state index contributed by atoms with van der Waals surface area (Å²) < 4.78 is 2.26. The predicted octanol–water partition coefficient (Wildman–Crippen LogP) is 4.45. The van der Waals surface area contributed by atoms with E-state index in [1.807, 2.05) is 35.2 Å². The van der Waals surface area contributed by atoms with Crippen molar-refractivity contribution in [2.45, 2.75) is 25.9 Å². The van der Waals surface area contributed by atoms with E-state index >= 15 is 0 Å². The molecular weight excluding hydrogens is 346 g/mol. The third-order valence-corrected chi connectivity index (χ3v) is 5.83. The highest BCUT2D eigenvalue weighted by molar-refractivity contribution is 5.90. The van der Waals surface area contributed by atoms with Crippen molar-refractivity contribution in [3.05, 3.63) is 95.4 Å². The molecule has 0 aliphatic carbocycles. The molecule has 1 aliphatic heterocycles. The van der Waals surface area contributed by atoms with E-state index in [9.17, 15) is 4.79 Å². The molecule has 1 atom stereocenters.